The average molecular weight is 295 g/mol. The van der Waals surface area contributed by atoms with E-state index in [9.17, 15) is 9.59 Å². The van der Waals surface area contributed by atoms with Crippen molar-refractivity contribution in [2.24, 2.45) is 11.8 Å². The van der Waals surface area contributed by atoms with Gasteiger partial charge in [-0.25, -0.2) is 0 Å². The minimum absolute atomic E-state index is 0.131. The highest BCUT2D eigenvalue weighted by Gasteiger charge is 2.19. The maximum Gasteiger partial charge on any atom is 0.308 e. The number of hydrogen-bond donors (Lipinski definition) is 2. The number of rotatable bonds is 8. The molecule has 2 N–H and O–H groups in total. The largest absolute Gasteiger partial charge is 0.481 e. The second-order valence-corrected chi connectivity index (χ2v) is 6.12. The fourth-order valence-electron chi connectivity index (χ4n) is 1.79. The van der Waals surface area contributed by atoms with Crippen molar-refractivity contribution < 1.29 is 14.7 Å². The lowest BCUT2D eigenvalue weighted by molar-refractivity contribution is -0.142. The monoisotopic (exact) mass is 295 g/mol. The minimum Gasteiger partial charge on any atom is -0.481 e. The highest BCUT2D eigenvalue weighted by atomic mass is 32.2. The molecule has 0 saturated carbocycles. The number of nitrogens with one attached hydrogen (secondary N) is 1. The number of carbonyl (C=O) groups is 2. The van der Waals surface area contributed by atoms with E-state index in [0.29, 0.717) is 18.1 Å². The summed E-state index contributed by atoms with van der Waals surface area (Å²) < 4.78 is 0. The van der Waals surface area contributed by atoms with Gasteiger partial charge in [0.15, 0.2) is 0 Å². The molecule has 5 heteroatoms. The van der Waals surface area contributed by atoms with Crippen LogP contribution in [0.5, 0.6) is 0 Å². The van der Waals surface area contributed by atoms with Crippen LogP contribution in [0, 0.1) is 11.8 Å². The number of aliphatic carboxylic acids is 1. The van der Waals surface area contributed by atoms with Crippen LogP contribution >= 0.6 is 11.8 Å². The maximum absolute atomic E-state index is 11.7. The summed E-state index contributed by atoms with van der Waals surface area (Å²) in [6.45, 7) is 4.15. The van der Waals surface area contributed by atoms with Crippen LogP contribution in [-0.2, 0) is 9.59 Å². The number of amides is 1. The molecule has 4 nitrogen and oxygen atoms in total. The fraction of sp³-hybridized carbons (Fsp3) is 0.467. The van der Waals surface area contributed by atoms with Gasteiger partial charge in [0, 0.05) is 11.4 Å². The fourth-order valence-corrected chi connectivity index (χ4v) is 2.54. The quantitative estimate of drug-likeness (QED) is 0.724. The number of thioether (sulfide) groups is 1. The first-order valence-corrected chi connectivity index (χ1v) is 7.65. The molecule has 0 saturated heterocycles. The van der Waals surface area contributed by atoms with Gasteiger partial charge in [-0.05, 0) is 24.5 Å². The summed E-state index contributed by atoms with van der Waals surface area (Å²) in [5, 5.41) is 11.8. The van der Waals surface area contributed by atoms with Crippen LogP contribution in [0.3, 0.4) is 0 Å². The third-order valence-corrected chi connectivity index (χ3v) is 3.78. The van der Waals surface area contributed by atoms with E-state index in [0.717, 1.165) is 4.90 Å². The van der Waals surface area contributed by atoms with Crippen molar-refractivity contribution in [3.63, 3.8) is 0 Å². The molecule has 0 radical (unpaired) electrons. The Balaban J connectivity index is 2.32. The van der Waals surface area contributed by atoms with Crippen LogP contribution in [0.4, 0.5) is 0 Å². The summed E-state index contributed by atoms with van der Waals surface area (Å²) in [4.78, 5) is 23.8. The predicted molar refractivity (Wildman–Crippen MR) is 80.8 cm³/mol. The van der Waals surface area contributed by atoms with Gasteiger partial charge in [-0.15, -0.1) is 11.8 Å². The summed E-state index contributed by atoms with van der Waals surface area (Å²) in [6.07, 6.45) is 0.571. The summed E-state index contributed by atoms with van der Waals surface area (Å²) in [6, 6.07) is 9.65. The Bertz CT molecular complexity index is 434. The van der Waals surface area contributed by atoms with Crippen molar-refractivity contribution in [3.05, 3.63) is 30.3 Å². The molecule has 1 rings (SSSR count). The Morgan fingerprint density at radius 1 is 1.25 bits per heavy atom. The van der Waals surface area contributed by atoms with Crippen LogP contribution in [0.25, 0.3) is 0 Å². The number of hydrogen-bond acceptors (Lipinski definition) is 3. The van der Waals surface area contributed by atoms with Gasteiger partial charge in [0.1, 0.15) is 0 Å². The molecule has 110 valence electrons. The first-order valence-electron chi connectivity index (χ1n) is 6.66. The van der Waals surface area contributed by atoms with Crippen molar-refractivity contribution in [2.75, 3.05) is 12.3 Å². The highest BCUT2D eigenvalue weighted by molar-refractivity contribution is 8.00. The van der Waals surface area contributed by atoms with E-state index >= 15 is 0 Å². The molecule has 0 bridgehead atoms. The SMILES string of the molecule is CC(C)CC(CNC(=O)CSc1ccccc1)C(=O)O. The summed E-state index contributed by atoms with van der Waals surface area (Å²) in [7, 11) is 0. The van der Waals surface area contributed by atoms with E-state index in [1.165, 1.54) is 11.8 Å². The van der Waals surface area contributed by atoms with Crippen molar-refractivity contribution in [1.29, 1.82) is 0 Å². The standard InChI is InChI=1S/C15H21NO3S/c1-11(2)8-12(15(18)19)9-16-14(17)10-20-13-6-4-3-5-7-13/h3-7,11-12H,8-10H2,1-2H3,(H,16,17)(H,18,19). The molecule has 1 aromatic rings. The zero-order chi connectivity index (χ0) is 15.0. The number of carboxylic acids is 1. The smallest absolute Gasteiger partial charge is 0.308 e. The van der Waals surface area contributed by atoms with Crippen LogP contribution in [0.1, 0.15) is 20.3 Å². The number of carboxylic acid groups (broad SMARTS) is 1. The minimum atomic E-state index is -0.852. The first kappa shape index (κ1) is 16.6. The third kappa shape index (κ3) is 6.61. The van der Waals surface area contributed by atoms with Crippen LogP contribution in [-0.4, -0.2) is 29.3 Å². The normalized spacial score (nSPS) is 12.2. The zero-order valence-corrected chi connectivity index (χ0v) is 12.7. The van der Waals surface area contributed by atoms with Gasteiger partial charge in [-0.3, -0.25) is 9.59 Å². The Hall–Kier alpha value is -1.49. The molecule has 1 atom stereocenters. The molecule has 0 aromatic heterocycles. The summed E-state index contributed by atoms with van der Waals surface area (Å²) in [5.74, 6) is -0.895. The molecule has 0 heterocycles. The van der Waals surface area contributed by atoms with Gasteiger partial charge in [0.2, 0.25) is 5.91 Å². The highest BCUT2D eigenvalue weighted by Crippen LogP contribution is 2.16. The number of benzene rings is 1. The lowest BCUT2D eigenvalue weighted by Crippen LogP contribution is -2.34. The van der Waals surface area contributed by atoms with Crippen molar-refractivity contribution in [3.8, 4) is 0 Å². The molecule has 0 spiro atoms. The molecule has 20 heavy (non-hydrogen) atoms. The maximum atomic E-state index is 11.7. The Morgan fingerprint density at radius 3 is 2.45 bits per heavy atom. The molecule has 1 amide bonds. The molecule has 0 fully saturated rings. The number of carbonyl (C=O) groups excluding carboxylic acids is 1. The molecule has 1 unspecified atom stereocenters. The van der Waals surface area contributed by atoms with Crippen LogP contribution in [0.2, 0.25) is 0 Å². The van der Waals surface area contributed by atoms with E-state index in [2.05, 4.69) is 5.32 Å². The van der Waals surface area contributed by atoms with E-state index < -0.39 is 11.9 Å². The van der Waals surface area contributed by atoms with E-state index in [1.807, 2.05) is 44.2 Å². The molecular weight excluding hydrogens is 274 g/mol. The van der Waals surface area contributed by atoms with E-state index in [4.69, 9.17) is 5.11 Å². The molecular formula is C15H21NO3S. The van der Waals surface area contributed by atoms with Crippen LogP contribution in [0.15, 0.2) is 35.2 Å². The molecule has 0 aliphatic heterocycles. The Morgan fingerprint density at radius 2 is 1.90 bits per heavy atom. The van der Waals surface area contributed by atoms with Gasteiger partial charge in [-0.2, -0.15) is 0 Å². The van der Waals surface area contributed by atoms with Gasteiger partial charge in [0.05, 0.1) is 11.7 Å². The average Bonchev–Trinajstić information content (AvgIpc) is 2.41. The van der Waals surface area contributed by atoms with Gasteiger partial charge < -0.3 is 10.4 Å². The second kappa shape index (κ2) is 8.64. The molecule has 0 aliphatic rings. The lowest BCUT2D eigenvalue weighted by Gasteiger charge is -2.15. The summed E-state index contributed by atoms with van der Waals surface area (Å²) in [5.41, 5.74) is 0. The second-order valence-electron chi connectivity index (χ2n) is 5.07. The van der Waals surface area contributed by atoms with Crippen molar-refractivity contribution >= 4 is 23.6 Å². The van der Waals surface area contributed by atoms with Crippen LogP contribution < -0.4 is 5.32 Å². The van der Waals surface area contributed by atoms with E-state index in [1.54, 1.807) is 0 Å². The first-order chi connectivity index (χ1) is 9.49. The van der Waals surface area contributed by atoms with Gasteiger partial charge in [-0.1, -0.05) is 32.0 Å². The van der Waals surface area contributed by atoms with Gasteiger partial charge >= 0.3 is 5.97 Å². The van der Waals surface area contributed by atoms with Gasteiger partial charge in [0.25, 0.3) is 0 Å². The Kier molecular flexibility index (Phi) is 7.15. The third-order valence-electron chi connectivity index (χ3n) is 2.76. The van der Waals surface area contributed by atoms with Crippen molar-refractivity contribution in [2.45, 2.75) is 25.2 Å². The lowest BCUT2D eigenvalue weighted by atomic mass is 9.97. The zero-order valence-electron chi connectivity index (χ0n) is 11.8. The topological polar surface area (TPSA) is 66.4 Å². The molecule has 1 aromatic carbocycles. The summed E-state index contributed by atoms with van der Waals surface area (Å²) >= 11 is 1.44. The predicted octanol–water partition coefficient (Wildman–Crippen LogP) is 2.64. The van der Waals surface area contributed by atoms with E-state index in [-0.39, 0.29) is 12.5 Å². The van der Waals surface area contributed by atoms with Crippen molar-refractivity contribution in [1.82, 2.24) is 5.32 Å². The Labute approximate surface area is 124 Å². The molecule has 0 aliphatic carbocycles.